The zero-order valence-corrected chi connectivity index (χ0v) is 11.3. The Bertz CT molecular complexity index is 510. The second-order valence-electron chi connectivity index (χ2n) is 3.59. The predicted molar refractivity (Wildman–Crippen MR) is 68.6 cm³/mol. The van der Waals surface area contributed by atoms with Crippen LogP contribution in [-0.4, -0.2) is 31.3 Å². The average molecular weight is 285 g/mol. The van der Waals surface area contributed by atoms with Gasteiger partial charge in [-0.3, -0.25) is 9.59 Å². The number of Topliss-reactive ketones (excluding diaryl/α,β-unsaturated/α-hetero) is 2. The number of carbonyl (C=O) groups is 3. The molecule has 0 aliphatic heterocycles. The number of benzene rings is 1. The van der Waals surface area contributed by atoms with Crippen LogP contribution in [0.5, 0.6) is 5.75 Å². The average Bonchev–Trinajstić information content (AvgIpc) is 2.40. The minimum atomic E-state index is -1.04. The van der Waals surface area contributed by atoms with E-state index in [0.29, 0.717) is 12.4 Å². The molecular weight excluding hydrogens is 272 g/mol. The SMILES string of the molecule is CCOc1ccc(C(=O)CC(=O)C(=O)OC)cc1Cl. The van der Waals surface area contributed by atoms with E-state index in [4.69, 9.17) is 16.3 Å². The van der Waals surface area contributed by atoms with E-state index in [1.54, 1.807) is 6.07 Å². The number of hydrogen-bond donors (Lipinski definition) is 0. The highest BCUT2D eigenvalue weighted by Gasteiger charge is 2.19. The van der Waals surface area contributed by atoms with Gasteiger partial charge >= 0.3 is 5.97 Å². The van der Waals surface area contributed by atoms with Gasteiger partial charge in [-0.2, -0.15) is 0 Å². The minimum absolute atomic E-state index is 0.241. The van der Waals surface area contributed by atoms with Crippen molar-refractivity contribution in [3.63, 3.8) is 0 Å². The molecule has 5 nitrogen and oxygen atoms in total. The van der Waals surface area contributed by atoms with E-state index in [1.807, 2.05) is 6.92 Å². The van der Waals surface area contributed by atoms with Crippen LogP contribution >= 0.6 is 11.6 Å². The quantitative estimate of drug-likeness (QED) is 0.346. The molecule has 0 N–H and O–H groups in total. The third kappa shape index (κ3) is 4.06. The van der Waals surface area contributed by atoms with Gasteiger partial charge in [-0.1, -0.05) is 11.6 Å². The summed E-state index contributed by atoms with van der Waals surface area (Å²) >= 11 is 5.92. The topological polar surface area (TPSA) is 69.7 Å². The number of hydrogen-bond acceptors (Lipinski definition) is 5. The first-order valence-electron chi connectivity index (χ1n) is 5.56. The van der Waals surface area contributed by atoms with Gasteiger partial charge in [0.25, 0.3) is 0 Å². The van der Waals surface area contributed by atoms with Crippen LogP contribution in [0.2, 0.25) is 5.02 Å². The molecule has 6 heteroatoms. The smallest absolute Gasteiger partial charge is 0.374 e. The zero-order valence-electron chi connectivity index (χ0n) is 10.6. The summed E-state index contributed by atoms with van der Waals surface area (Å²) in [4.78, 5) is 33.9. The number of rotatable bonds is 6. The second-order valence-corrected chi connectivity index (χ2v) is 4.00. The van der Waals surface area contributed by atoms with Gasteiger partial charge in [0.15, 0.2) is 5.78 Å². The maximum Gasteiger partial charge on any atom is 0.374 e. The Balaban J connectivity index is 2.81. The Labute approximate surface area is 115 Å². The number of ketones is 2. The van der Waals surface area contributed by atoms with Crippen molar-refractivity contribution in [1.82, 2.24) is 0 Å². The monoisotopic (exact) mass is 284 g/mol. The molecule has 0 aliphatic carbocycles. The summed E-state index contributed by atoms with van der Waals surface area (Å²) in [5.41, 5.74) is 0.241. The van der Waals surface area contributed by atoms with Gasteiger partial charge in [0.2, 0.25) is 5.78 Å². The van der Waals surface area contributed by atoms with Crippen molar-refractivity contribution in [3.8, 4) is 5.75 Å². The van der Waals surface area contributed by atoms with Gasteiger partial charge in [-0.05, 0) is 25.1 Å². The van der Waals surface area contributed by atoms with Gasteiger partial charge < -0.3 is 9.47 Å². The fourth-order valence-corrected chi connectivity index (χ4v) is 1.62. The largest absolute Gasteiger partial charge is 0.492 e. The molecule has 0 radical (unpaired) electrons. The van der Waals surface area contributed by atoms with E-state index in [9.17, 15) is 14.4 Å². The van der Waals surface area contributed by atoms with Crippen molar-refractivity contribution in [1.29, 1.82) is 0 Å². The number of methoxy groups -OCH3 is 1. The van der Waals surface area contributed by atoms with Crippen LogP contribution in [0, 0.1) is 0 Å². The van der Waals surface area contributed by atoms with E-state index in [-0.39, 0.29) is 10.6 Å². The summed E-state index contributed by atoms with van der Waals surface area (Å²) in [5.74, 6) is -1.97. The molecule has 0 bridgehead atoms. The van der Waals surface area contributed by atoms with Crippen LogP contribution in [0.15, 0.2) is 18.2 Å². The third-order valence-corrected chi connectivity index (χ3v) is 2.58. The van der Waals surface area contributed by atoms with Gasteiger partial charge in [-0.15, -0.1) is 0 Å². The summed E-state index contributed by atoms with van der Waals surface area (Å²) < 4.78 is 9.46. The lowest BCUT2D eigenvalue weighted by Crippen LogP contribution is -2.19. The predicted octanol–water partition coefficient (Wildman–Crippen LogP) is 2.05. The Morgan fingerprint density at radius 3 is 2.47 bits per heavy atom. The van der Waals surface area contributed by atoms with E-state index in [2.05, 4.69) is 4.74 Å². The standard InChI is InChI=1S/C13H13ClO5/c1-3-19-12-5-4-8(6-9(12)14)10(15)7-11(16)13(17)18-2/h4-6H,3,7H2,1-2H3. The molecule has 0 aliphatic rings. The molecule has 102 valence electrons. The van der Waals surface area contributed by atoms with Crippen LogP contribution in [0.4, 0.5) is 0 Å². The molecule has 0 fully saturated rings. The lowest BCUT2D eigenvalue weighted by Gasteiger charge is -2.06. The molecule has 1 aromatic carbocycles. The van der Waals surface area contributed by atoms with Crippen molar-refractivity contribution in [2.24, 2.45) is 0 Å². The molecule has 0 saturated heterocycles. The van der Waals surface area contributed by atoms with Crippen LogP contribution < -0.4 is 4.74 Å². The maximum absolute atomic E-state index is 11.8. The Morgan fingerprint density at radius 2 is 1.95 bits per heavy atom. The molecule has 1 aromatic rings. The van der Waals surface area contributed by atoms with Crippen molar-refractivity contribution in [2.75, 3.05) is 13.7 Å². The Kier molecular flexibility index (Phi) is 5.51. The molecular formula is C13H13ClO5. The summed E-state index contributed by atoms with van der Waals surface area (Å²) in [6, 6.07) is 4.44. The van der Waals surface area contributed by atoms with Gasteiger partial charge in [0.05, 0.1) is 25.2 Å². The number of esters is 1. The molecule has 1 rings (SSSR count). The van der Waals surface area contributed by atoms with E-state index >= 15 is 0 Å². The van der Waals surface area contributed by atoms with Crippen molar-refractivity contribution in [2.45, 2.75) is 13.3 Å². The highest BCUT2D eigenvalue weighted by molar-refractivity contribution is 6.38. The summed E-state index contributed by atoms with van der Waals surface area (Å²) in [6.07, 6.45) is -0.545. The fraction of sp³-hybridized carbons (Fsp3) is 0.308. The highest BCUT2D eigenvalue weighted by Crippen LogP contribution is 2.25. The first-order valence-corrected chi connectivity index (χ1v) is 5.94. The first kappa shape index (κ1) is 15.2. The van der Waals surface area contributed by atoms with E-state index < -0.39 is 24.0 Å². The lowest BCUT2D eigenvalue weighted by molar-refractivity contribution is -0.151. The van der Waals surface area contributed by atoms with Gasteiger partial charge in [0, 0.05) is 5.56 Å². The van der Waals surface area contributed by atoms with Gasteiger partial charge in [-0.25, -0.2) is 4.79 Å². The minimum Gasteiger partial charge on any atom is -0.492 e. The number of halogens is 1. The Hall–Kier alpha value is -1.88. The summed E-state index contributed by atoms with van der Waals surface area (Å²) in [7, 11) is 1.08. The molecule has 0 saturated carbocycles. The summed E-state index contributed by atoms with van der Waals surface area (Å²) in [6.45, 7) is 2.26. The second kappa shape index (κ2) is 6.89. The molecule has 0 spiro atoms. The molecule has 0 heterocycles. The van der Waals surface area contributed by atoms with Crippen LogP contribution in [-0.2, 0) is 14.3 Å². The van der Waals surface area contributed by atoms with E-state index in [1.165, 1.54) is 12.1 Å². The van der Waals surface area contributed by atoms with Crippen molar-refractivity contribution in [3.05, 3.63) is 28.8 Å². The number of ether oxygens (including phenoxy) is 2. The molecule has 0 amide bonds. The normalized spacial score (nSPS) is 9.84. The van der Waals surface area contributed by atoms with Crippen LogP contribution in [0.25, 0.3) is 0 Å². The lowest BCUT2D eigenvalue weighted by atomic mass is 10.1. The number of carbonyl (C=O) groups excluding carboxylic acids is 3. The molecule has 19 heavy (non-hydrogen) atoms. The highest BCUT2D eigenvalue weighted by atomic mass is 35.5. The van der Waals surface area contributed by atoms with E-state index in [0.717, 1.165) is 7.11 Å². The van der Waals surface area contributed by atoms with Crippen LogP contribution in [0.3, 0.4) is 0 Å². The van der Waals surface area contributed by atoms with Crippen molar-refractivity contribution >= 4 is 29.1 Å². The van der Waals surface area contributed by atoms with Gasteiger partial charge in [0.1, 0.15) is 5.75 Å². The van der Waals surface area contributed by atoms with Crippen LogP contribution in [0.1, 0.15) is 23.7 Å². The maximum atomic E-state index is 11.8. The molecule has 0 atom stereocenters. The first-order chi connectivity index (χ1) is 8.99. The molecule has 0 unspecified atom stereocenters. The fourth-order valence-electron chi connectivity index (χ4n) is 1.38. The van der Waals surface area contributed by atoms with Crippen molar-refractivity contribution < 1.29 is 23.9 Å². The zero-order chi connectivity index (χ0) is 14.4. The third-order valence-electron chi connectivity index (χ3n) is 2.29. The Morgan fingerprint density at radius 1 is 1.26 bits per heavy atom. The summed E-state index contributed by atoms with van der Waals surface area (Å²) in [5, 5.41) is 0.276. The molecule has 0 aromatic heterocycles.